The number of hydrogen-bond donors (Lipinski definition) is 0. The predicted octanol–water partition coefficient (Wildman–Crippen LogP) is 3.92. The lowest BCUT2D eigenvalue weighted by molar-refractivity contribution is 0.0764. The Morgan fingerprint density at radius 1 is 1.17 bits per heavy atom. The van der Waals surface area contributed by atoms with Gasteiger partial charge in [-0.15, -0.1) is 0 Å². The van der Waals surface area contributed by atoms with Crippen molar-refractivity contribution in [3.63, 3.8) is 0 Å². The lowest BCUT2D eigenvalue weighted by Gasteiger charge is -2.19. The van der Waals surface area contributed by atoms with Crippen LogP contribution in [0.2, 0.25) is 0 Å². The summed E-state index contributed by atoms with van der Waals surface area (Å²) in [5.41, 5.74) is 3.20. The molecular weight excluding hydrogens is 302 g/mol. The van der Waals surface area contributed by atoms with Crippen LogP contribution in [0.3, 0.4) is 0 Å². The van der Waals surface area contributed by atoms with Gasteiger partial charge in [0, 0.05) is 19.2 Å². The van der Waals surface area contributed by atoms with Crippen molar-refractivity contribution < 1.29 is 9.21 Å². The van der Waals surface area contributed by atoms with Crippen LogP contribution in [0.15, 0.2) is 53.1 Å². The molecule has 0 saturated heterocycles. The molecule has 0 unspecified atom stereocenters. The molecule has 0 bridgehead atoms. The molecule has 1 amide bonds. The quantitative estimate of drug-likeness (QED) is 0.715. The van der Waals surface area contributed by atoms with Gasteiger partial charge in [-0.05, 0) is 45.0 Å². The van der Waals surface area contributed by atoms with E-state index in [-0.39, 0.29) is 5.91 Å². The number of rotatable bonds is 5. The minimum Gasteiger partial charge on any atom is -0.463 e. The van der Waals surface area contributed by atoms with Crippen LogP contribution in [0.4, 0.5) is 0 Å². The molecule has 0 radical (unpaired) electrons. The highest BCUT2D eigenvalue weighted by atomic mass is 16.3. The van der Waals surface area contributed by atoms with Crippen LogP contribution >= 0.6 is 0 Å². The lowest BCUT2D eigenvalue weighted by atomic mass is 10.2. The predicted molar refractivity (Wildman–Crippen MR) is 93.3 cm³/mol. The zero-order valence-electron chi connectivity index (χ0n) is 14.2. The van der Waals surface area contributed by atoms with E-state index in [1.54, 1.807) is 21.9 Å². The summed E-state index contributed by atoms with van der Waals surface area (Å²) in [5, 5.41) is 4.60. The molecule has 3 aromatic rings. The lowest BCUT2D eigenvalue weighted by Crippen LogP contribution is -2.32. The zero-order valence-corrected chi connectivity index (χ0v) is 14.2. The number of aromatic nitrogens is 2. The molecular formula is C19H21N3O2. The van der Waals surface area contributed by atoms with E-state index in [4.69, 9.17) is 4.42 Å². The fourth-order valence-electron chi connectivity index (χ4n) is 2.63. The van der Waals surface area contributed by atoms with Crippen LogP contribution in [0, 0.1) is 6.92 Å². The molecule has 1 aromatic carbocycles. The average molecular weight is 323 g/mol. The molecule has 0 aliphatic heterocycles. The van der Waals surface area contributed by atoms with E-state index >= 15 is 0 Å². The molecule has 0 saturated carbocycles. The van der Waals surface area contributed by atoms with Crippen molar-refractivity contribution in [2.24, 2.45) is 0 Å². The van der Waals surface area contributed by atoms with Crippen LogP contribution in [-0.2, 0) is 0 Å². The topological polar surface area (TPSA) is 51.3 Å². The Labute approximate surface area is 141 Å². The molecule has 0 fully saturated rings. The van der Waals surface area contributed by atoms with Crippen LogP contribution < -0.4 is 0 Å². The first-order valence-electron chi connectivity index (χ1n) is 8.14. The van der Waals surface area contributed by atoms with Gasteiger partial charge in [-0.2, -0.15) is 5.10 Å². The third-order valence-electron chi connectivity index (χ3n) is 4.03. The Kier molecular flexibility index (Phi) is 4.51. The van der Waals surface area contributed by atoms with Crippen molar-refractivity contribution in [3.05, 3.63) is 60.0 Å². The van der Waals surface area contributed by atoms with E-state index in [9.17, 15) is 4.79 Å². The van der Waals surface area contributed by atoms with Crippen molar-refractivity contribution in [1.82, 2.24) is 14.7 Å². The van der Waals surface area contributed by atoms with Crippen molar-refractivity contribution in [2.75, 3.05) is 13.1 Å². The van der Waals surface area contributed by atoms with Crippen LogP contribution in [0.25, 0.3) is 17.1 Å². The highest BCUT2D eigenvalue weighted by Gasteiger charge is 2.21. The van der Waals surface area contributed by atoms with Gasteiger partial charge in [0.05, 0.1) is 12.0 Å². The Hall–Kier alpha value is -2.82. The van der Waals surface area contributed by atoms with Gasteiger partial charge < -0.3 is 9.32 Å². The summed E-state index contributed by atoms with van der Waals surface area (Å²) < 4.78 is 7.13. The van der Waals surface area contributed by atoms with Crippen molar-refractivity contribution in [2.45, 2.75) is 20.8 Å². The first kappa shape index (κ1) is 16.1. The average Bonchev–Trinajstić information content (AvgIpc) is 3.26. The molecule has 0 atom stereocenters. The summed E-state index contributed by atoms with van der Waals surface area (Å²) in [7, 11) is 0. The van der Waals surface area contributed by atoms with Gasteiger partial charge in [0.1, 0.15) is 11.4 Å². The summed E-state index contributed by atoms with van der Waals surface area (Å²) in [4.78, 5) is 14.7. The SMILES string of the molecule is CCN(CC)C(=O)c1cc(-c2ccco2)nn1-c1ccc(C)cc1. The minimum absolute atomic E-state index is 0.0362. The van der Waals surface area contributed by atoms with Gasteiger partial charge in [-0.25, -0.2) is 4.68 Å². The highest BCUT2D eigenvalue weighted by molar-refractivity contribution is 5.94. The van der Waals surface area contributed by atoms with Crippen LogP contribution in [-0.4, -0.2) is 33.7 Å². The Bertz CT molecular complexity index is 813. The van der Waals surface area contributed by atoms with Gasteiger partial charge in [-0.3, -0.25) is 4.79 Å². The normalized spacial score (nSPS) is 10.8. The molecule has 0 spiro atoms. The van der Waals surface area contributed by atoms with Gasteiger partial charge >= 0.3 is 0 Å². The maximum atomic E-state index is 12.9. The smallest absolute Gasteiger partial charge is 0.272 e. The van der Waals surface area contributed by atoms with Crippen molar-refractivity contribution >= 4 is 5.91 Å². The fraction of sp³-hybridized carbons (Fsp3) is 0.263. The molecule has 0 aliphatic carbocycles. The van der Waals surface area contributed by atoms with Crippen molar-refractivity contribution in [1.29, 1.82) is 0 Å². The van der Waals surface area contributed by atoms with E-state index in [2.05, 4.69) is 5.10 Å². The summed E-state index contributed by atoms with van der Waals surface area (Å²) in [6.45, 7) is 7.29. The van der Waals surface area contributed by atoms with E-state index in [0.717, 1.165) is 11.3 Å². The number of hydrogen-bond acceptors (Lipinski definition) is 3. The highest BCUT2D eigenvalue weighted by Crippen LogP contribution is 2.23. The molecule has 2 heterocycles. The Morgan fingerprint density at radius 3 is 2.46 bits per heavy atom. The third-order valence-corrected chi connectivity index (χ3v) is 4.03. The first-order chi connectivity index (χ1) is 11.6. The summed E-state index contributed by atoms with van der Waals surface area (Å²) in [5.74, 6) is 0.611. The standard InChI is InChI=1S/C19H21N3O2/c1-4-21(5-2)19(23)17-13-16(18-7-6-12-24-18)20-22(17)15-10-8-14(3)9-11-15/h6-13H,4-5H2,1-3H3. The van der Waals surface area contributed by atoms with Gasteiger partial charge in [0.15, 0.2) is 5.76 Å². The second-order valence-corrected chi connectivity index (χ2v) is 5.62. The molecule has 5 nitrogen and oxygen atoms in total. The number of furan rings is 1. The first-order valence-corrected chi connectivity index (χ1v) is 8.14. The van der Waals surface area contributed by atoms with Gasteiger partial charge in [0.25, 0.3) is 5.91 Å². The number of amides is 1. The monoisotopic (exact) mass is 323 g/mol. The zero-order chi connectivity index (χ0) is 17.1. The van der Waals surface area contributed by atoms with E-state index in [1.165, 1.54) is 0 Å². The molecule has 5 heteroatoms. The fourth-order valence-corrected chi connectivity index (χ4v) is 2.63. The summed E-state index contributed by atoms with van der Waals surface area (Å²) in [6.07, 6.45) is 1.60. The molecule has 124 valence electrons. The maximum Gasteiger partial charge on any atom is 0.272 e. The minimum atomic E-state index is -0.0362. The second kappa shape index (κ2) is 6.74. The van der Waals surface area contributed by atoms with E-state index in [0.29, 0.717) is 30.2 Å². The Balaban J connectivity index is 2.11. The van der Waals surface area contributed by atoms with Crippen LogP contribution in [0.1, 0.15) is 29.9 Å². The van der Waals surface area contributed by atoms with E-state index < -0.39 is 0 Å². The largest absolute Gasteiger partial charge is 0.463 e. The molecule has 0 N–H and O–H groups in total. The van der Waals surface area contributed by atoms with E-state index in [1.807, 2.05) is 57.2 Å². The maximum absolute atomic E-state index is 12.9. The molecule has 24 heavy (non-hydrogen) atoms. The number of carbonyl (C=O) groups excluding carboxylic acids is 1. The molecule has 0 aliphatic rings. The summed E-state index contributed by atoms with van der Waals surface area (Å²) in [6, 6.07) is 13.4. The van der Waals surface area contributed by atoms with Gasteiger partial charge in [0.2, 0.25) is 0 Å². The second-order valence-electron chi connectivity index (χ2n) is 5.62. The van der Waals surface area contributed by atoms with Gasteiger partial charge in [-0.1, -0.05) is 17.7 Å². The Morgan fingerprint density at radius 2 is 1.88 bits per heavy atom. The summed E-state index contributed by atoms with van der Waals surface area (Å²) >= 11 is 0. The molecule has 3 rings (SSSR count). The number of aryl methyl sites for hydroxylation is 1. The third kappa shape index (κ3) is 2.97. The number of benzene rings is 1. The molecule has 2 aromatic heterocycles. The van der Waals surface area contributed by atoms with Crippen LogP contribution in [0.5, 0.6) is 0 Å². The number of nitrogens with zero attached hydrogens (tertiary/aromatic N) is 3. The number of carbonyl (C=O) groups is 1. The van der Waals surface area contributed by atoms with Crippen molar-refractivity contribution in [3.8, 4) is 17.1 Å².